The Morgan fingerprint density at radius 3 is 2.94 bits per heavy atom. The first kappa shape index (κ1) is 18.9. The molecule has 9 nitrogen and oxygen atoms in total. The fourth-order valence-corrected chi connectivity index (χ4v) is 4.14. The van der Waals surface area contributed by atoms with E-state index in [0.29, 0.717) is 16.6 Å². The molecule has 0 saturated carbocycles. The number of piperidine rings is 1. The monoisotopic (exact) mass is 481 g/mol. The third-order valence-corrected chi connectivity index (χ3v) is 5.75. The summed E-state index contributed by atoms with van der Waals surface area (Å²) in [6.07, 6.45) is 0.887. The van der Waals surface area contributed by atoms with Crippen LogP contribution in [0.5, 0.6) is 5.88 Å². The van der Waals surface area contributed by atoms with Crippen LogP contribution in [0.2, 0.25) is 0 Å². The molecule has 1 aromatic carbocycles. The Balaban J connectivity index is 1.51. The van der Waals surface area contributed by atoms with Gasteiger partial charge in [0.1, 0.15) is 17.7 Å². The Kier molecular flexibility index (Phi) is 4.66. The Morgan fingerprint density at radius 2 is 2.21 bits per heavy atom. The van der Waals surface area contributed by atoms with Crippen LogP contribution in [0.3, 0.4) is 0 Å². The van der Waals surface area contributed by atoms with Crippen LogP contribution in [0.15, 0.2) is 24.4 Å². The molecule has 0 bridgehead atoms. The van der Waals surface area contributed by atoms with Crippen molar-refractivity contribution in [3.05, 3.63) is 30.2 Å². The second kappa shape index (κ2) is 8.38. The largest absolute Gasteiger partial charge is 0.479 e. The molecule has 1 unspecified atom stereocenters. The zero-order valence-corrected chi connectivity index (χ0v) is 18.0. The van der Waals surface area contributed by atoms with E-state index in [4.69, 9.17) is 8.85 Å². The maximum absolute atomic E-state index is 15.2. The molecule has 180 valence electrons. The molecule has 1 aliphatic rings. The van der Waals surface area contributed by atoms with Crippen LogP contribution in [-0.4, -0.2) is 80.3 Å². The number of benzene rings is 1. The highest BCUT2D eigenvalue weighted by Crippen LogP contribution is 2.36. The number of rotatable bonds is 6. The van der Waals surface area contributed by atoms with Crippen LogP contribution in [0.25, 0.3) is 27.7 Å². The number of hydrogen-bond donors (Lipinski definition) is 1. The van der Waals surface area contributed by atoms with Crippen molar-refractivity contribution >= 4 is 22.5 Å². The summed E-state index contributed by atoms with van der Waals surface area (Å²) in [4.78, 5) is 4.92. The lowest BCUT2D eigenvalue weighted by molar-refractivity contribution is -0.0675. The molecular weight excluding hydrogens is 456 g/mol. The van der Waals surface area contributed by atoms with Crippen LogP contribution < -0.4 is 10.1 Å². The van der Waals surface area contributed by atoms with Gasteiger partial charge in [-0.3, -0.25) is 0 Å². The van der Waals surface area contributed by atoms with E-state index in [2.05, 4.69) is 25.7 Å². The molecular formula is C21H22F4N8O. The highest BCUT2D eigenvalue weighted by Gasteiger charge is 2.44. The third kappa shape index (κ3) is 3.79. The van der Waals surface area contributed by atoms with Crippen LogP contribution in [-0.2, 0) is 6.54 Å². The van der Waals surface area contributed by atoms with Gasteiger partial charge in [0.15, 0.2) is 5.82 Å². The molecule has 3 aromatic heterocycles. The summed E-state index contributed by atoms with van der Waals surface area (Å²) in [6.45, 7) is -4.34. The smallest absolute Gasteiger partial charge is 0.280 e. The lowest BCUT2D eigenvalue weighted by atomic mass is 10.0. The second-order valence-corrected chi connectivity index (χ2v) is 7.96. The second-order valence-electron chi connectivity index (χ2n) is 7.96. The minimum Gasteiger partial charge on any atom is -0.479 e. The maximum atomic E-state index is 15.2. The molecule has 13 heteroatoms. The van der Waals surface area contributed by atoms with Crippen LogP contribution in [0, 0.1) is 5.82 Å². The summed E-state index contributed by atoms with van der Waals surface area (Å²) in [5.74, 6) is -4.38. The van der Waals surface area contributed by atoms with Gasteiger partial charge in [0, 0.05) is 10.7 Å². The topological polar surface area (TPSA) is 85.4 Å². The molecule has 0 aliphatic carbocycles. The van der Waals surface area contributed by atoms with Crippen molar-refractivity contribution in [2.24, 2.45) is 0 Å². The molecule has 1 N–H and O–H groups in total. The van der Waals surface area contributed by atoms with Crippen LogP contribution in [0.4, 0.5) is 23.5 Å². The van der Waals surface area contributed by atoms with Gasteiger partial charge in [0.2, 0.25) is 11.8 Å². The quantitative estimate of drug-likeness (QED) is 0.424. The van der Waals surface area contributed by atoms with Gasteiger partial charge < -0.3 is 15.0 Å². The number of aryl methyl sites for hydroxylation is 1. The van der Waals surface area contributed by atoms with E-state index >= 15 is 4.39 Å². The Bertz CT molecular complexity index is 1460. The van der Waals surface area contributed by atoms with Crippen molar-refractivity contribution in [1.82, 2.24) is 34.5 Å². The van der Waals surface area contributed by atoms with E-state index in [9.17, 15) is 13.2 Å². The normalized spacial score (nSPS) is 20.3. The minimum absolute atomic E-state index is 0.0175. The number of methoxy groups -OCH3 is 1. The lowest BCUT2D eigenvalue weighted by Crippen LogP contribution is -2.53. The molecule has 4 heterocycles. The molecule has 34 heavy (non-hydrogen) atoms. The van der Waals surface area contributed by atoms with Gasteiger partial charge in [-0.2, -0.15) is 4.98 Å². The van der Waals surface area contributed by atoms with E-state index in [1.165, 1.54) is 11.8 Å². The highest BCUT2D eigenvalue weighted by atomic mass is 19.3. The van der Waals surface area contributed by atoms with Gasteiger partial charge in [-0.1, -0.05) is 11.3 Å². The molecule has 0 spiro atoms. The Labute approximate surface area is 195 Å². The minimum atomic E-state index is -3.39. The van der Waals surface area contributed by atoms with Crippen molar-refractivity contribution in [3.63, 3.8) is 0 Å². The lowest BCUT2D eigenvalue weighted by Gasteiger charge is -2.36. The zero-order valence-electron chi connectivity index (χ0n) is 21.0. The summed E-state index contributed by atoms with van der Waals surface area (Å²) in [5.41, 5.74) is 1.65. The number of fused-ring (bicyclic) bond motifs is 2. The Morgan fingerprint density at radius 1 is 1.35 bits per heavy atom. The van der Waals surface area contributed by atoms with E-state index in [-0.39, 0.29) is 42.4 Å². The predicted molar refractivity (Wildman–Crippen MR) is 116 cm³/mol. The number of likely N-dealkylation sites (tertiary alicyclic amines) is 1. The van der Waals surface area contributed by atoms with Gasteiger partial charge in [-0.05, 0) is 31.1 Å². The van der Waals surface area contributed by atoms with E-state index < -0.39 is 38.0 Å². The number of ether oxygens (including phenoxy) is 1. The fraction of sp³-hybridized carbons (Fsp3) is 0.429. The van der Waals surface area contributed by atoms with Crippen molar-refractivity contribution in [1.29, 1.82) is 0 Å². The number of nitrogens with zero attached hydrogens (tertiary/aromatic N) is 7. The van der Waals surface area contributed by atoms with E-state index in [0.717, 1.165) is 15.6 Å². The fourth-order valence-electron chi connectivity index (χ4n) is 4.14. The third-order valence-electron chi connectivity index (χ3n) is 5.75. The van der Waals surface area contributed by atoms with Gasteiger partial charge in [-0.25, -0.2) is 26.8 Å². The van der Waals surface area contributed by atoms with Gasteiger partial charge in [0.25, 0.3) is 5.92 Å². The van der Waals surface area contributed by atoms with Crippen molar-refractivity contribution < 1.29 is 26.4 Å². The van der Waals surface area contributed by atoms with Crippen molar-refractivity contribution in [2.45, 2.75) is 24.9 Å². The standard InChI is InChI=1S/C21H22F4N8O/c1-31-7-5-16(21(24,25)11-31)26-20-27-19(34-2)18-17(13(23)10-33(18)29-20)12-3-4-14-15(9-12)32(8-6-22)30-28-14/h3-4,9-10,16H,5-8,11H2,1-2H3,(H,26,29)/i1D3. The molecule has 1 aliphatic heterocycles. The zero-order chi connectivity index (χ0) is 26.5. The van der Waals surface area contributed by atoms with Crippen molar-refractivity contribution in [3.8, 4) is 17.0 Å². The molecule has 1 fully saturated rings. The van der Waals surface area contributed by atoms with Gasteiger partial charge in [-0.15, -0.1) is 10.2 Å². The summed E-state index contributed by atoms with van der Waals surface area (Å²) in [5, 5.41) is 14.6. The van der Waals surface area contributed by atoms with Crippen LogP contribution in [0.1, 0.15) is 10.5 Å². The molecule has 5 rings (SSSR count). The summed E-state index contributed by atoms with van der Waals surface area (Å²) < 4.78 is 87.7. The molecule has 0 radical (unpaired) electrons. The first-order chi connectivity index (χ1) is 17.5. The number of hydrogen-bond acceptors (Lipinski definition) is 7. The maximum Gasteiger partial charge on any atom is 0.280 e. The number of aromatic nitrogens is 6. The van der Waals surface area contributed by atoms with Gasteiger partial charge in [0.05, 0.1) is 43.5 Å². The molecule has 4 aromatic rings. The summed E-state index contributed by atoms with van der Waals surface area (Å²) >= 11 is 0. The SMILES string of the molecule is [2H]C([2H])([2H])N1CCC(Nc2nc(OC)c3c(-c4ccc5nnn(CCF)c5c4)c(F)cn3n2)C(F)(F)C1. The van der Waals surface area contributed by atoms with E-state index in [1.807, 2.05) is 0 Å². The molecule has 0 amide bonds. The van der Waals surface area contributed by atoms with Crippen LogP contribution >= 0.6 is 0 Å². The number of anilines is 1. The van der Waals surface area contributed by atoms with Gasteiger partial charge >= 0.3 is 0 Å². The number of alkyl halides is 3. The summed E-state index contributed by atoms with van der Waals surface area (Å²) in [6, 6.07) is 3.39. The van der Waals surface area contributed by atoms with E-state index in [1.54, 1.807) is 18.2 Å². The predicted octanol–water partition coefficient (Wildman–Crippen LogP) is 3.01. The molecule has 1 saturated heterocycles. The molecule has 1 atom stereocenters. The average molecular weight is 481 g/mol. The highest BCUT2D eigenvalue weighted by molar-refractivity contribution is 5.89. The average Bonchev–Trinajstić information content (AvgIpc) is 3.38. The Hall–Kier alpha value is -3.48. The summed E-state index contributed by atoms with van der Waals surface area (Å²) in [7, 11) is 1.30. The first-order valence-electron chi connectivity index (χ1n) is 11.9. The number of halogens is 4. The first-order valence-corrected chi connectivity index (χ1v) is 10.4. The number of nitrogens with one attached hydrogen (secondary N) is 1. The van der Waals surface area contributed by atoms with Crippen molar-refractivity contribution in [2.75, 3.05) is 39.2 Å².